The SMILES string of the molecule is COc1nc(OC[C@@]23CCCN2C[C@H](F)C3)nc2c(F)c(-c3c(F)ccc4sc(N)c(C#N)c34)c3c(c12)COC3. The Bertz CT molecular complexity index is 1760. The predicted molar refractivity (Wildman–Crippen MR) is 143 cm³/mol. The van der Waals surface area contributed by atoms with Gasteiger partial charge in [-0.3, -0.25) is 4.90 Å². The fraction of sp³-hybridized carbons (Fsp3) is 0.393. The summed E-state index contributed by atoms with van der Waals surface area (Å²) in [6.45, 7) is 1.45. The van der Waals surface area contributed by atoms with Gasteiger partial charge in [0.15, 0.2) is 5.82 Å². The normalized spacial score (nSPS) is 22.1. The lowest BCUT2D eigenvalue weighted by Crippen LogP contribution is -2.43. The maximum absolute atomic E-state index is 16.7. The fourth-order valence-corrected chi connectivity index (χ4v) is 7.57. The molecule has 8 nitrogen and oxygen atoms in total. The van der Waals surface area contributed by atoms with Crippen LogP contribution in [-0.2, 0) is 18.0 Å². The number of ether oxygens (including phenoxy) is 3. The van der Waals surface area contributed by atoms with Crippen LogP contribution >= 0.6 is 11.3 Å². The van der Waals surface area contributed by atoms with Gasteiger partial charge in [-0.1, -0.05) is 0 Å². The van der Waals surface area contributed by atoms with Crippen molar-refractivity contribution in [2.24, 2.45) is 0 Å². The summed E-state index contributed by atoms with van der Waals surface area (Å²) in [5.41, 5.74) is 6.49. The Morgan fingerprint density at radius 3 is 2.85 bits per heavy atom. The molecule has 2 saturated heterocycles. The van der Waals surface area contributed by atoms with Crippen molar-refractivity contribution in [1.82, 2.24) is 14.9 Å². The Hall–Kier alpha value is -3.66. The topological polar surface area (TPSA) is 107 Å². The molecule has 0 spiro atoms. The van der Waals surface area contributed by atoms with E-state index in [0.29, 0.717) is 34.2 Å². The molecule has 0 radical (unpaired) electrons. The van der Waals surface area contributed by atoms with Crippen LogP contribution in [0.5, 0.6) is 11.9 Å². The number of thiophene rings is 1. The van der Waals surface area contributed by atoms with Gasteiger partial charge in [0.1, 0.15) is 35.2 Å². The van der Waals surface area contributed by atoms with Crippen LogP contribution in [0.2, 0.25) is 0 Å². The smallest absolute Gasteiger partial charge is 0.320 e. The molecule has 206 valence electrons. The van der Waals surface area contributed by atoms with E-state index in [1.165, 1.54) is 19.2 Å². The Morgan fingerprint density at radius 2 is 2.05 bits per heavy atom. The molecule has 12 heteroatoms. The van der Waals surface area contributed by atoms with E-state index in [1.807, 2.05) is 6.07 Å². The highest BCUT2D eigenvalue weighted by molar-refractivity contribution is 7.23. The van der Waals surface area contributed by atoms with Crippen molar-refractivity contribution in [3.63, 3.8) is 0 Å². The Morgan fingerprint density at radius 1 is 1.23 bits per heavy atom. The molecule has 3 aliphatic heterocycles. The number of rotatable bonds is 5. The van der Waals surface area contributed by atoms with Gasteiger partial charge < -0.3 is 19.9 Å². The number of alkyl halides is 1. The van der Waals surface area contributed by atoms with Crippen molar-refractivity contribution >= 4 is 37.3 Å². The minimum Gasteiger partial charge on any atom is -0.480 e. The summed E-state index contributed by atoms with van der Waals surface area (Å²) in [5.74, 6) is -1.41. The maximum atomic E-state index is 16.7. The second-order valence-electron chi connectivity index (χ2n) is 10.5. The van der Waals surface area contributed by atoms with Crippen LogP contribution < -0.4 is 15.2 Å². The van der Waals surface area contributed by atoms with Gasteiger partial charge in [-0.15, -0.1) is 11.3 Å². The summed E-state index contributed by atoms with van der Waals surface area (Å²) in [6, 6.07) is 4.69. The van der Waals surface area contributed by atoms with Gasteiger partial charge in [0.2, 0.25) is 5.88 Å². The van der Waals surface area contributed by atoms with Gasteiger partial charge in [-0.05, 0) is 42.6 Å². The zero-order valence-electron chi connectivity index (χ0n) is 21.5. The average molecular weight is 568 g/mol. The number of nitriles is 1. The minimum absolute atomic E-state index is 0.0268. The highest BCUT2D eigenvalue weighted by Gasteiger charge is 2.49. The maximum Gasteiger partial charge on any atom is 0.320 e. The lowest BCUT2D eigenvalue weighted by atomic mass is 9.90. The second kappa shape index (κ2) is 9.19. The molecular formula is C28H24F3N5O3S. The van der Waals surface area contributed by atoms with Crippen molar-refractivity contribution in [3.05, 3.63) is 40.5 Å². The van der Waals surface area contributed by atoms with Crippen LogP contribution in [0.4, 0.5) is 18.2 Å². The molecule has 2 fully saturated rings. The number of nitrogens with zero attached hydrogens (tertiary/aromatic N) is 4. The molecule has 0 saturated carbocycles. The Kier molecular flexibility index (Phi) is 5.82. The third-order valence-corrected chi connectivity index (χ3v) is 9.35. The molecule has 4 aromatic rings. The highest BCUT2D eigenvalue weighted by Crippen LogP contribution is 2.48. The number of methoxy groups -OCH3 is 1. The summed E-state index contributed by atoms with van der Waals surface area (Å²) in [7, 11) is 1.41. The van der Waals surface area contributed by atoms with Gasteiger partial charge >= 0.3 is 6.01 Å². The van der Waals surface area contributed by atoms with Gasteiger partial charge in [-0.2, -0.15) is 15.2 Å². The van der Waals surface area contributed by atoms with Crippen molar-refractivity contribution < 1.29 is 27.4 Å². The number of aromatic nitrogens is 2. The number of hydrogen-bond acceptors (Lipinski definition) is 9. The first-order chi connectivity index (χ1) is 19.3. The summed E-state index contributed by atoms with van der Waals surface area (Å²) in [6.07, 6.45) is 1.16. The molecule has 3 aliphatic rings. The molecule has 0 unspecified atom stereocenters. The highest BCUT2D eigenvalue weighted by atomic mass is 32.1. The molecule has 0 aliphatic carbocycles. The van der Waals surface area contributed by atoms with Crippen LogP contribution in [0.25, 0.3) is 32.1 Å². The summed E-state index contributed by atoms with van der Waals surface area (Å²) in [5, 5.41) is 10.6. The van der Waals surface area contributed by atoms with E-state index >= 15 is 8.78 Å². The summed E-state index contributed by atoms with van der Waals surface area (Å²) >= 11 is 1.14. The lowest BCUT2D eigenvalue weighted by molar-refractivity contribution is 0.107. The molecule has 40 heavy (non-hydrogen) atoms. The van der Waals surface area contributed by atoms with Crippen molar-refractivity contribution in [2.45, 2.75) is 44.2 Å². The predicted octanol–water partition coefficient (Wildman–Crippen LogP) is 5.24. The number of nitrogens with two attached hydrogens (primary N) is 1. The zero-order valence-corrected chi connectivity index (χ0v) is 22.3. The Labute approximate surface area is 231 Å². The van der Waals surface area contributed by atoms with E-state index in [9.17, 15) is 9.65 Å². The zero-order chi connectivity index (χ0) is 27.8. The standard InChI is InChI=1S/C28H24F3N5O3S/c1-37-26-21-16-11-38-10-15(16)20(22-17(30)3-4-18-19(22)14(8-32)25(33)40-18)23(31)24(21)34-27(35-26)39-12-28-5-2-6-36(28)9-13(29)7-28/h3-4,13H,2,5-7,9-12,33H2,1H3/t13-,28+/m1/s1. The first-order valence-corrected chi connectivity index (χ1v) is 13.8. The van der Waals surface area contributed by atoms with E-state index in [1.54, 1.807) is 0 Å². The largest absolute Gasteiger partial charge is 0.480 e. The van der Waals surface area contributed by atoms with Gasteiger partial charge in [0.25, 0.3) is 0 Å². The molecule has 2 aromatic heterocycles. The first kappa shape index (κ1) is 25.3. The number of hydrogen-bond donors (Lipinski definition) is 1. The Balaban J connectivity index is 1.43. The molecule has 7 rings (SSSR count). The second-order valence-corrected chi connectivity index (χ2v) is 11.6. The molecule has 2 atom stereocenters. The summed E-state index contributed by atoms with van der Waals surface area (Å²) in [4.78, 5) is 10.9. The third-order valence-electron chi connectivity index (χ3n) is 8.36. The molecule has 0 amide bonds. The molecule has 2 N–H and O–H groups in total. The van der Waals surface area contributed by atoms with E-state index in [-0.39, 0.29) is 64.3 Å². The quantitative estimate of drug-likeness (QED) is 0.349. The first-order valence-electron chi connectivity index (χ1n) is 12.9. The van der Waals surface area contributed by atoms with Crippen LogP contribution in [0.1, 0.15) is 36.0 Å². The number of halogens is 3. The van der Waals surface area contributed by atoms with Crippen molar-refractivity contribution in [1.29, 1.82) is 5.26 Å². The van der Waals surface area contributed by atoms with Crippen molar-refractivity contribution in [3.8, 4) is 29.1 Å². The number of nitrogen functional groups attached to an aromatic ring is 1. The molecule has 0 bridgehead atoms. The number of anilines is 1. The average Bonchev–Trinajstić information content (AvgIpc) is 3.70. The number of fused-ring (bicyclic) bond motifs is 5. The van der Waals surface area contributed by atoms with Gasteiger partial charge in [-0.25, -0.2) is 13.2 Å². The van der Waals surface area contributed by atoms with Gasteiger partial charge in [0.05, 0.1) is 36.8 Å². The fourth-order valence-electron chi connectivity index (χ4n) is 6.64. The van der Waals surface area contributed by atoms with E-state index < -0.39 is 23.3 Å². The van der Waals surface area contributed by atoms with Gasteiger partial charge in [0, 0.05) is 34.2 Å². The molecular weight excluding hydrogens is 543 g/mol. The third kappa shape index (κ3) is 3.57. The lowest BCUT2D eigenvalue weighted by Gasteiger charge is -2.30. The number of benzene rings is 2. The molecule has 5 heterocycles. The van der Waals surface area contributed by atoms with E-state index in [2.05, 4.69) is 14.9 Å². The van der Waals surface area contributed by atoms with Crippen LogP contribution in [-0.4, -0.2) is 53.4 Å². The van der Waals surface area contributed by atoms with E-state index in [0.717, 1.165) is 30.7 Å². The minimum atomic E-state index is -0.930. The van der Waals surface area contributed by atoms with Crippen LogP contribution in [0.3, 0.4) is 0 Å². The summed E-state index contributed by atoms with van der Waals surface area (Å²) < 4.78 is 64.3. The van der Waals surface area contributed by atoms with Crippen LogP contribution in [0.15, 0.2) is 12.1 Å². The molecule has 2 aromatic carbocycles. The van der Waals surface area contributed by atoms with E-state index in [4.69, 9.17) is 19.9 Å². The monoisotopic (exact) mass is 567 g/mol. The van der Waals surface area contributed by atoms with Crippen molar-refractivity contribution in [2.75, 3.05) is 32.5 Å². The van der Waals surface area contributed by atoms with Crippen LogP contribution in [0, 0.1) is 23.0 Å².